The molecule has 0 aromatic carbocycles. The van der Waals surface area contributed by atoms with E-state index in [9.17, 15) is 22.0 Å². The highest BCUT2D eigenvalue weighted by molar-refractivity contribution is 7.89. The summed E-state index contributed by atoms with van der Waals surface area (Å²) in [6.07, 6.45) is -1.26. The number of aromatic nitrogens is 2. The molecular formula is C12H13F2N3O5S. The van der Waals surface area contributed by atoms with Gasteiger partial charge >= 0.3 is 5.97 Å². The molecule has 11 heteroatoms. The molecule has 0 spiro atoms. The SMILES string of the molecule is Cc1oc(C(=O)O)cc1S(=O)(=O)NCc1ccn(CC(F)F)n1. The predicted octanol–water partition coefficient (Wildman–Crippen LogP) is 1.23. The van der Waals surface area contributed by atoms with Crippen LogP contribution in [0, 0.1) is 6.92 Å². The third-order valence-corrected chi connectivity index (χ3v) is 4.35. The molecule has 0 unspecified atom stereocenters. The van der Waals surface area contributed by atoms with E-state index in [1.54, 1.807) is 0 Å². The molecule has 0 amide bonds. The fourth-order valence-corrected chi connectivity index (χ4v) is 3.00. The van der Waals surface area contributed by atoms with Crippen LogP contribution in [0.5, 0.6) is 0 Å². The molecule has 0 aliphatic carbocycles. The molecule has 2 N–H and O–H groups in total. The van der Waals surface area contributed by atoms with Crippen molar-refractivity contribution < 1.29 is 31.5 Å². The minimum atomic E-state index is -4.02. The molecule has 23 heavy (non-hydrogen) atoms. The van der Waals surface area contributed by atoms with E-state index >= 15 is 0 Å². The first-order chi connectivity index (χ1) is 10.7. The molecule has 0 atom stereocenters. The van der Waals surface area contributed by atoms with Gasteiger partial charge in [0.2, 0.25) is 15.8 Å². The molecule has 0 saturated heterocycles. The molecule has 0 radical (unpaired) electrons. The van der Waals surface area contributed by atoms with E-state index in [-0.39, 0.29) is 22.9 Å². The van der Waals surface area contributed by atoms with Gasteiger partial charge in [0.25, 0.3) is 6.43 Å². The molecular weight excluding hydrogens is 336 g/mol. The van der Waals surface area contributed by atoms with Gasteiger partial charge in [-0.15, -0.1) is 0 Å². The van der Waals surface area contributed by atoms with Crippen LogP contribution < -0.4 is 4.72 Å². The maximum atomic E-state index is 12.2. The number of nitrogens with zero attached hydrogens (tertiary/aromatic N) is 2. The number of aromatic carboxylic acids is 1. The highest BCUT2D eigenvalue weighted by Crippen LogP contribution is 2.20. The average molecular weight is 349 g/mol. The van der Waals surface area contributed by atoms with Gasteiger partial charge in [-0.25, -0.2) is 26.7 Å². The molecule has 126 valence electrons. The summed E-state index contributed by atoms with van der Waals surface area (Å²) in [5.41, 5.74) is 0.244. The summed E-state index contributed by atoms with van der Waals surface area (Å²) in [5.74, 6) is -1.96. The summed E-state index contributed by atoms with van der Waals surface area (Å²) in [7, 11) is -4.02. The van der Waals surface area contributed by atoms with E-state index in [2.05, 4.69) is 9.82 Å². The number of sulfonamides is 1. The Bertz CT molecular complexity index is 813. The Kier molecular flexibility index (Phi) is 4.80. The summed E-state index contributed by atoms with van der Waals surface area (Å²) >= 11 is 0. The maximum Gasteiger partial charge on any atom is 0.371 e. The van der Waals surface area contributed by atoms with Crippen molar-refractivity contribution in [3.8, 4) is 0 Å². The van der Waals surface area contributed by atoms with Gasteiger partial charge in [0.05, 0.1) is 12.2 Å². The van der Waals surface area contributed by atoms with E-state index in [1.165, 1.54) is 19.2 Å². The fourth-order valence-electron chi connectivity index (χ4n) is 1.83. The molecule has 8 nitrogen and oxygen atoms in total. The number of carboxylic acids is 1. The van der Waals surface area contributed by atoms with Crippen molar-refractivity contribution in [2.75, 3.05) is 0 Å². The smallest absolute Gasteiger partial charge is 0.371 e. The largest absolute Gasteiger partial charge is 0.475 e. The molecule has 0 fully saturated rings. The lowest BCUT2D eigenvalue weighted by molar-refractivity contribution is 0.0661. The lowest BCUT2D eigenvalue weighted by Crippen LogP contribution is -2.24. The second-order valence-corrected chi connectivity index (χ2v) is 6.32. The molecule has 0 aliphatic heterocycles. The van der Waals surface area contributed by atoms with E-state index in [0.717, 1.165) is 10.7 Å². The number of furan rings is 1. The zero-order chi connectivity index (χ0) is 17.2. The van der Waals surface area contributed by atoms with Crippen LogP contribution in [0.15, 0.2) is 27.6 Å². The number of nitrogens with one attached hydrogen (secondary N) is 1. The predicted molar refractivity (Wildman–Crippen MR) is 72.7 cm³/mol. The topological polar surface area (TPSA) is 114 Å². The van der Waals surface area contributed by atoms with Crippen molar-refractivity contribution >= 4 is 16.0 Å². The summed E-state index contributed by atoms with van der Waals surface area (Å²) in [6.45, 7) is 0.500. The summed E-state index contributed by atoms with van der Waals surface area (Å²) < 4.78 is 56.7. The zero-order valence-corrected chi connectivity index (χ0v) is 12.7. The van der Waals surface area contributed by atoms with Gasteiger partial charge in [0, 0.05) is 12.3 Å². The van der Waals surface area contributed by atoms with Gasteiger partial charge in [-0.1, -0.05) is 0 Å². The van der Waals surface area contributed by atoms with Crippen LogP contribution >= 0.6 is 0 Å². The Morgan fingerprint density at radius 1 is 1.52 bits per heavy atom. The minimum Gasteiger partial charge on any atom is -0.475 e. The van der Waals surface area contributed by atoms with Crippen molar-refractivity contribution in [1.29, 1.82) is 0 Å². The van der Waals surface area contributed by atoms with E-state index in [4.69, 9.17) is 9.52 Å². The molecule has 0 bridgehead atoms. The molecule has 2 rings (SSSR count). The van der Waals surface area contributed by atoms with E-state index in [1.807, 2.05) is 0 Å². The fraction of sp³-hybridized carbons (Fsp3) is 0.333. The molecule has 0 aliphatic rings. The number of alkyl halides is 2. The monoisotopic (exact) mass is 349 g/mol. The summed E-state index contributed by atoms with van der Waals surface area (Å²) in [5, 5.41) is 12.6. The Hall–Kier alpha value is -2.27. The standard InChI is InChI=1S/C12H13F2N3O5S/c1-7-10(4-9(22-7)12(18)19)23(20,21)15-5-8-2-3-17(16-8)6-11(13)14/h2-4,11,15H,5-6H2,1H3,(H,18,19). The third-order valence-electron chi connectivity index (χ3n) is 2.84. The highest BCUT2D eigenvalue weighted by Gasteiger charge is 2.23. The molecule has 0 saturated carbocycles. The number of aryl methyl sites for hydroxylation is 1. The summed E-state index contributed by atoms with van der Waals surface area (Å²) in [4.78, 5) is 10.5. The van der Waals surface area contributed by atoms with Crippen molar-refractivity contribution in [1.82, 2.24) is 14.5 Å². The van der Waals surface area contributed by atoms with Crippen LogP contribution in [0.4, 0.5) is 8.78 Å². The first kappa shape index (κ1) is 17.1. The van der Waals surface area contributed by atoms with Crippen LogP contribution in [0.25, 0.3) is 0 Å². The van der Waals surface area contributed by atoms with Crippen LogP contribution in [-0.2, 0) is 23.1 Å². The second kappa shape index (κ2) is 6.46. The van der Waals surface area contributed by atoms with E-state index in [0.29, 0.717) is 0 Å². The lowest BCUT2D eigenvalue weighted by atomic mass is 10.4. The van der Waals surface area contributed by atoms with Gasteiger partial charge in [0.1, 0.15) is 17.2 Å². The number of halogens is 2. The maximum absolute atomic E-state index is 12.2. The van der Waals surface area contributed by atoms with Crippen LogP contribution in [0.2, 0.25) is 0 Å². The second-order valence-electron chi connectivity index (χ2n) is 4.58. The van der Waals surface area contributed by atoms with Crippen LogP contribution in [0.1, 0.15) is 22.0 Å². The van der Waals surface area contributed by atoms with Gasteiger partial charge in [-0.05, 0) is 13.0 Å². The Morgan fingerprint density at radius 2 is 2.22 bits per heavy atom. The molecule has 2 heterocycles. The summed E-state index contributed by atoms with van der Waals surface area (Å²) in [6, 6.07) is 2.30. The van der Waals surface area contributed by atoms with Crippen molar-refractivity contribution in [2.24, 2.45) is 0 Å². The molecule has 2 aromatic heterocycles. The highest BCUT2D eigenvalue weighted by atomic mass is 32.2. The first-order valence-electron chi connectivity index (χ1n) is 6.33. The van der Waals surface area contributed by atoms with Gasteiger partial charge < -0.3 is 9.52 Å². The number of carboxylic acid groups (broad SMARTS) is 1. The Labute approximate surface area is 129 Å². The number of carbonyl (C=O) groups is 1. The first-order valence-corrected chi connectivity index (χ1v) is 7.81. The number of hydrogen-bond acceptors (Lipinski definition) is 5. The van der Waals surface area contributed by atoms with Gasteiger partial charge in [-0.3, -0.25) is 4.68 Å². The Balaban J connectivity index is 2.10. The zero-order valence-electron chi connectivity index (χ0n) is 11.9. The minimum absolute atomic E-state index is 0.0712. The van der Waals surface area contributed by atoms with Crippen LogP contribution in [0.3, 0.4) is 0 Å². The average Bonchev–Trinajstić information content (AvgIpc) is 3.03. The number of rotatable bonds is 7. The van der Waals surface area contributed by atoms with Gasteiger partial charge in [-0.2, -0.15) is 5.10 Å². The third kappa shape index (κ3) is 4.13. The Morgan fingerprint density at radius 3 is 2.78 bits per heavy atom. The van der Waals surface area contributed by atoms with Crippen LogP contribution in [-0.4, -0.2) is 35.7 Å². The quantitative estimate of drug-likeness (QED) is 0.777. The van der Waals surface area contributed by atoms with Gasteiger partial charge in [0.15, 0.2) is 0 Å². The normalized spacial score (nSPS) is 12.0. The van der Waals surface area contributed by atoms with Crippen molar-refractivity contribution in [2.45, 2.75) is 31.3 Å². The van der Waals surface area contributed by atoms with Crippen molar-refractivity contribution in [3.63, 3.8) is 0 Å². The van der Waals surface area contributed by atoms with Crippen molar-refractivity contribution in [3.05, 3.63) is 35.5 Å². The van der Waals surface area contributed by atoms with E-state index < -0.39 is 34.7 Å². The number of hydrogen-bond donors (Lipinski definition) is 2. The lowest BCUT2D eigenvalue weighted by Gasteiger charge is -2.04. The molecule has 2 aromatic rings.